The number of nitrogens with two attached hydrogens (primary N) is 3. The highest BCUT2D eigenvalue weighted by Crippen LogP contribution is 2.28. The van der Waals surface area contributed by atoms with Gasteiger partial charge in [-0.2, -0.15) is 0 Å². The number of ether oxygens (including phenoxy) is 1. The standard InChI is InChI=1S/C33H41N7O5/c1-2-45-28(41)22-40(31(43)29(25-10-5-3-6-11-25)26-12-7-4-8-13-26)27(30(34)42)14-9-19-39(32(35)36)21-24-17-15-23(16-18-24)20-38-33(37)44/h3-8,10-13,15-18,27,29H,2,9,14,19-22H2,1H3,(H2,34,42)(H3,35,36)(H3,37,38,44)/t27-/m1/s1. The first-order valence-corrected chi connectivity index (χ1v) is 14.7. The predicted molar refractivity (Wildman–Crippen MR) is 170 cm³/mol. The zero-order valence-corrected chi connectivity index (χ0v) is 25.4. The molecule has 0 fully saturated rings. The van der Waals surface area contributed by atoms with Gasteiger partial charge >= 0.3 is 12.0 Å². The number of esters is 1. The Labute approximate surface area is 263 Å². The molecule has 3 aromatic rings. The Balaban J connectivity index is 1.81. The highest BCUT2D eigenvalue weighted by molar-refractivity contribution is 5.94. The molecule has 12 nitrogen and oxygen atoms in total. The van der Waals surface area contributed by atoms with Gasteiger partial charge in [-0.15, -0.1) is 0 Å². The normalized spacial score (nSPS) is 11.3. The van der Waals surface area contributed by atoms with Crippen molar-refractivity contribution in [3.63, 3.8) is 0 Å². The SMILES string of the molecule is CCOC(=O)CN(C(=O)C(c1ccccc1)c1ccccc1)[C@H](CCCN(Cc1ccc(CNC(N)=O)cc1)C(=N)N)C(N)=O. The average Bonchev–Trinajstić information content (AvgIpc) is 3.02. The Morgan fingerprint density at radius 2 is 1.40 bits per heavy atom. The van der Waals surface area contributed by atoms with E-state index in [-0.39, 0.29) is 32.1 Å². The van der Waals surface area contributed by atoms with Crippen molar-refractivity contribution in [3.05, 3.63) is 107 Å². The van der Waals surface area contributed by atoms with Gasteiger partial charge in [-0.05, 0) is 42.0 Å². The first kappa shape index (κ1) is 34.1. The molecule has 3 aromatic carbocycles. The van der Waals surface area contributed by atoms with Crippen LogP contribution in [0.15, 0.2) is 84.9 Å². The van der Waals surface area contributed by atoms with Gasteiger partial charge in [-0.1, -0.05) is 84.9 Å². The van der Waals surface area contributed by atoms with E-state index < -0.39 is 42.3 Å². The van der Waals surface area contributed by atoms with Crippen LogP contribution in [-0.2, 0) is 32.2 Å². The van der Waals surface area contributed by atoms with Crippen LogP contribution < -0.4 is 22.5 Å². The summed E-state index contributed by atoms with van der Waals surface area (Å²) in [7, 11) is 0. The molecule has 0 spiro atoms. The second-order valence-corrected chi connectivity index (χ2v) is 10.4. The Kier molecular flexibility index (Phi) is 12.9. The highest BCUT2D eigenvalue weighted by atomic mass is 16.5. The van der Waals surface area contributed by atoms with Gasteiger partial charge in [0.15, 0.2) is 5.96 Å². The molecule has 0 heterocycles. The smallest absolute Gasteiger partial charge is 0.325 e. The van der Waals surface area contributed by atoms with Crippen molar-refractivity contribution >= 4 is 29.8 Å². The minimum Gasteiger partial charge on any atom is -0.465 e. The van der Waals surface area contributed by atoms with E-state index >= 15 is 0 Å². The van der Waals surface area contributed by atoms with E-state index in [9.17, 15) is 19.2 Å². The number of nitrogens with zero attached hydrogens (tertiary/aromatic N) is 2. The fraction of sp³-hybridized carbons (Fsp3) is 0.303. The van der Waals surface area contributed by atoms with Crippen molar-refractivity contribution in [2.75, 3.05) is 19.7 Å². The number of carbonyl (C=O) groups is 4. The summed E-state index contributed by atoms with van der Waals surface area (Å²) >= 11 is 0. The minimum absolute atomic E-state index is 0.110. The van der Waals surface area contributed by atoms with E-state index in [2.05, 4.69) is 5.32 Å². The molecular formula is C33H41N7O5. The van der Waals surface area contributed by atoms with Crippen LogP contribution in [0.5, 0.6) is 0 Å². The Bertz CT molecular complexity index is 1400. The third-order valence-electron chi connectivity index (χ3n) is 7.21. The summed E-state index contributed by atoms with van der Waals surface area (Å²) in [5.41, 5.74) is 20.0. The quantitative estimate of drug-likeness (QED) is 0.0926. The first-order chi connectivity index (χ1) is 21.6. The second-order valence-electron chi connectivity index (χ2n) is 10.4. The van der Waals surface area contributed by atoms with Gasteiger partial charge in [0.05, 0.1) is 12.5 Å². The molecule has 8 N–H and O–H groups in total. The van der Waals surface area contributed by atoms with Gasteiger partial charge in [0.25, 0.3) is 0 Å². The number of nitrogens with one attached hydrogen (secondary N) is 2. The van der Waals surface area contributed by atoms with Crippen LogP contribution in [0.4, 0.5) is 4.79 Å². The van der Waals surface area contributed by atoms with E-state index in [1.165, 1.54) is 4.90 Å². The van der Waals surface area contributed by atoms with E-state index in [0.717, 1.165) is 11.1 Å². The molecule has 0 unspecified atom stereocenters. The van der Waals surface area contributed by atoms with Crippen LogP contribution in [0.3, 0.4) is 0 Å². The third kappa shape index (κ3) is 10.4. The summed E-state index contributed by atoms with van der Waals surface area (Å²) in [6, 6.07) is 23.9. The van der Waals surface area contributed by atoms with Gasteiger partial charge in [-0.25, -0.2) is 4.79 Å². The van der Waals surface area contributed by atoms with Gasteiger partial charge in [0.2, 0.25) is 11.8 Å². The number of primary amides is 2. The molecule has 0 bridgehead atoms. The fourth-order valence-electron chi connectivity index (χ4n) is 5.01. The Morgan fingerprint density at radius 1 is 0.844 bits per heavy atom. The lowest BCUT2D eigenvalue weighted by Gasteiger charge is -2.33. The Hall–Kier alpha value is -5.39. The fourth-order valence-corrected chi connectivity index (χ4v) is 5.01. The van der Waals surface area contributed by atoms with E-state index in [1.807, 2.05) is 84.9 Å². The average molecular weight is 616 g/mol. The van der Waals surface area contributed by atoms with E-state index in [1.54, 1.807) is 11.8 Å². The topological polar surface area (TPSA) is 198 Å². The summed E-state index contributed by atoms with van der Waals surface area (Å²) in [5.74, 6) is -2.84. The molecule has 4 amide bonds. The lowest BCUT2D eigenvalue weighted by molar-refractivity contribution is -0.152. The van der Waals surface area contributed by atoms with E-state index in [4.69, 9.17) is 27.3 Å². The number of hydrogen-bond donors (Lipinski definition) is 5. The van der Waals surface area contributed by atoms with Crippen molar-refractivity contribution in [2.24, 2.45) is 17.2 Å². The summed E-state index contributed by atoms with van der Waals surface area (Å²) in [6.45, 7) is 2.20. The maximum absolute atomic E-state index is 14.3. The molecule has 0 aliphatic rings. The zero-order chi connectivity index (χ0) is 32.8. The number of benzene rings is 3. The van der Waals surface area contributed by atoms with Crippen molar-refractivity contribution in [1.29, 1.82) is 5.41 Å². The molecule has 12 heteroatoms. The van der Waals surface area contributed by atoms with Crippen LogP contribution in [-0.4, -0.2) is 65.3 Å². The zero-order valence-electron chi connectivity index (χ0n) is 25.4. The summed E-state index contributed by atoms with van der Waals surface area (Å²) in [5, 5.41) is 10.6. The number of amides is 4. The maximum atomic E-state index is 14.3. The van der Waals surface area contributed by atoms with Gasteiger partial charge in [0.1, 0.15) is 12.6 Å². The predicted octanol–water partition coefficient (Wildman–Crippen LogP) is 2.41. The van der Waals surface area contributed by atoms with Crippen molar-refractivity contribution in [1.82, 2.24) is 15.1 Å². The lowest BCUT2D eigenvalue weighted by atomic mass is 9.89. The molecule has 3 rings (SSSR count). The molecule has 238 valence electrons. The van der Waals surface area contributed by atoms with Gasteiger partial charge in [-0.3, -0.25) is 19.8 Å². The van der Waals surface area contributed by atoms with Crippen molar-refractivity contribution < 1.29 is 23.9 Å². The Morgan fingerprint density at radius 3 is 1.89 bits per heavy atom. The number of hydrogen-bond acceptors (Lipinski definition) is 6. The molecule has 0 saturated carbocycles. The minimum atomic E-state index is -1.12. The van der Waals surface area contributed by atoms with Gasteiger partial charge in [0, 0.05) is 19.6 Å². The maximum Gasteiger partial charge on any atom is 0.325 e. The van der Waals surface area contributed by atoms with Crippen molar-refractivity contribution in [2.45, 2.75) is 44.8 Å². The molecule has 0 radical (unpaired) electrons. The lowest BCUT2D eigenvalue weighted by Crippen LogP contribution is -2.52. The molecule has 0 aliphatic carbocycles. The van der Waals surface area contributed by atoms with Crippen molar-refractivity contribution in [3.8, 4) is 0 Å². The van der Waals surface area contributed by atoms with Crippen LogP contribution >= 0.6 is 0 Å². The molecule has 45 heavy (non-hydrogen) atoms. The monoisotopic (exact) mass is 615 g/mol. The number of rotatable bonds is 16. The summed E-state index contributed by atoms with van der Waals surface area (Å²) < 4.78 is 5.15. The molecule has 1 atom stereocenters. The number of urea groups is 1. The number of carbonyl (C=O) groups excluding carboxylic acids is 4. The second kappa shape index (κ2) is 17.0. The van der Waals surface area contributed by atoms with Crippen LogP contribution in [0, 0.1) is 5.41 Å². The largest absolute Gasteiger partial charge is 0.465 e. The van der Waals surface area contributed by atoms with Crippen LogP contribution in [0.25, 0.3) is 0 Å². The highest BCUT2D eigenvalue weighted by Gasteiger charge is 2.36. The molecule has 0 aliphatic heterocycles. The van der Waals surface area contributed by atoms with Gasteiger partial charge < -0.3 is 37.1 Å². The van der Waals surface area contributed by atoms with Crippen LogP contribution in [0.1, 0.15) is 47.9 Å². The summed E-state index contributed by atoms with van der Waals surface area (Å²) in [4.78, 5) is 53.7. The van der Waals surface area contributed by atoms with Crippen LogP contribution in [0.2, 0.25) is 0 Å². The van der Waals surface area contributed by atoms with E-state index in [0.29, 0.717) is 24.1 Å². The first-order valence-electron chi connectivity index (χ1n) is 14.7. The number of guanidine groups is 1. The molecule has 0 saturated heterocycles. The third-order valence-corrected chi connectivity index (χ3v) is 7.21. The molecule has 0 aromatic heterocycles. The summed E-state index contributed by atoms with van der Waals surface area (Å²) in [6.07, 6.45) is 0.458. The molecular weight excluding hydrogens is 574 g/mol.